The van der Waals surface area contributed by atoms with Crippen molar-refractivity contribution in [3.63, 3.8) is 0 Å². The number of hydrogen-bond acceptors (Lipinski definition) is 7. The topological polar surface area (TPSA) is 80.7 Å². The monoisotopic (exact) mass is 339 g/mol. The van der Waals surface area contributed by atoms with Crippen LogP contribution in [0.1, 0.15) is 10.4 Å². The van der Waals surface area contributed by atoms with Gasteiger partial charge in [-0.2, -0.15) is 8.75 Å². The van der Waals surface area contributed by atoms with Crippen molar-refractivity contribution in [3.8, 4) is 10.6 Å². The van der Waals surface area contributed by atoms with Gasteiger partial charge in [-0.25, -0.2) is 0 Å². The van der Waals surface area contributed by atoms with Crippen LogP contribution < -0.4 is 5.32 Å². The number of nitrogens with zero attached hydrogens (tertiary/aromatic N) is 4. The summed E-state index contributed by atoms with van der Waals surface area (Å²) in [6.07, 6.45) is 0. The molecule has 2 aromatic heterocycles. The van der Waals surface area contributed by atoms with E-state index in [0.29, 0.717) is 16.2 Å². The first-order valence-corrected chi connectivity index (χ1v) is 8.27. The summed E-state index contributed by atoms with van der Waals surface area (Å²) in [4.78, 5) is 12.3. The fourth-order valence-electron chi connectivity index (χ4n) is 2.06. The molecule has 1 N–H and O–H groups in total. The van der Waals surface area contributed by atoms with Gasteiger partial charge in [-0.1, -0.05) is 41.7 Å². The Morgan fingerprint density at radius 1 is 0.957 bits per heavy atom. The lowest BCUT2D eigenvalue weighted by Crippen LogP contribution is -2.11. The molecule has 0 saturated carbocycles. The van der Waals surface area contributed by atoms with Crippen LogP contribution in [-0.2, 0) is 0 Å². The summed E-state index contributed by atoms with van der Waals surface area (Å²) in [5, 5.41) is 12.1. The lowest BCUT2D eigenvalue weighted by Gasteiger charge is -2.00. The van der Waals surface area contributed by atoms with Gasteiger partial charge in [0, 0.05) is 11.1 Å². The molecule has 0 aliphatic rings. The third-order valence-electron chi connectivity index (χ3n) is 3.18. The van der Waals surface area contributed by atoms with Crippen molar-refractivity contribution in [2.45, 2.75) is 0 Å². The number of anilines is 1. The summed E-state index contributed by atoms with van der Waals surface area (Å²) in [6.45, 7) is 0. The predicted molar refractivity (Wildman–Crippen MR) is 90.7 cm³/mol. The van der Waals surface area contributed by atoms with Crippen molar-refractivity contribution in [1.29, 1.82) is 0 Å². The highest BCUT2D eigenvalue weighted by molar-refractivity contribution is 7.18. The van der Waals surface area contributed by atoms with Gasteiger partial charge in [-0.3, -0.25) is 10.1 Å². The summed E-state index contributed by atoms with van der Waals surface area (Å²) >= 11 is 2.46. The average Bonchev–Trinajstić information content (AvgIpc) is 3.24. The molecule has 0 atom stereocenters. The highest BCUT2D eigenvalue weighted by Crippen LogP contribution is 2.26. The number of amides is 1. The Bertz CT molecular complexity index is 980. The minimum atomic E-state index is -0.240. The second-order valence-electron chi connectivity index (χ2n) is 4.70. The normalized spacial score (nSPS) is 10.8. The van der Waals surface area contributed by atoms with E-state index in [1.807, 2.05) is 30.3 Å². The van der Waals surface area contributed by atoms with Gasteiger partial charge in [0.25, 0.3) is 5.91 Å². The van der Waals surface area contributed by atoms with Gasteiger partial charge >= 0.3 is 0 Å². The first kappa shape index (κ1) is 13.9. The second-order valence-corrected chi connectivity index (χ2v) is 6.21. The summed E-state index contributed by atoms with van der Waals surface area (Å²) < 4.78 is 8.26. The minimum absolute atomic E-state index is 0.240. The highest BCUT2D eigenvalue weighted by Gasteiger charge is 2.12. The molecule has 0 fully saturated rings. The Labute approximate surface area is 139 Å². The maximum Gasteiger partial charge on any atom is 0.257 e. The molecule has 2 aromatic carbocycles. The predicted octanol–water partition coefficient (Wildman–Crippen LogP) is 3.46. The van der Waals surface area contributed by atoms with Crippen molar-refractivity contribution in [2.75, 3.05) is 5.32 Å². The summed E-state index contributed by atoms with van der Waals surface area (Å²) in [5.74, 6) is -0.240. The standard InChI is InChI=1S/C15H9N5OS2/c21-13(10-6-7-11-12(8-10)20-23-19-11)16-15-18-17-14(22-15)9-4-2-1-3-5-9/h1-8H,(H,16,18,21). The lowest BCUT2D eigenvalue weighted by molar-refractivity contribution is 0.102. The van der Waals surface area contributed by atoms with Crippen LogP contribution in [0.15, 0.2) is 48.5 Å². The molecule has 0 aliphatic carbocycles. The molecule has 112 valence electrons. The zero-order valence-corrected chi connectivity index (χ0v) is 13.3. The van der Waals surface area contributed by atoms with E-state index in [2.05, 4.69) is 24.3 Å². The van der Waals surface area contributed by atoms with Crippen LogP contribution in [0.2, 0.25) is 0 Å². The smallest absolute Gasteiger partial charge is 0.257 e. The molecule has 4 rings (SSSR count). The Morgan fingerprint density at radius 2 is 1.78 bits per heavy atom. The molecule has 8 heteroatoms. The number of hydrogen-bond donors (Lipinski definition) is 1. The van der Waals surface area contributed by atoms with E-state index in [-0.39, 0.29) is 5.91 Å². The van der Waals surface area contributed by atoms with Gasteiger partial charge in [0.05, 0.1) is 11.7 Å². The van der Waals surface area contributed by atoms with Gasteiger partial charge < -0.3 is 0 Å². The van der Waals surface area contributed by atoms with E-state index in [1.54, 1.807) is 18.2 Å². The number of carbonyl (C=O) groups excluding carboxylic acids is 1. The van der Waals surface area contributed by atoms with Crippen LogP contribution in [-0.4, -0.2) is 24.9 Å². The third kappa shape index (κ3) is 2.81. The Balaban J connectivity index is 1.55. The molecule has 6 nitrogen and oxygen atoms in total. The van der Waals surface area contributed by atoms with Crippen molar-refractivity contribution in [1.82, 2.24) is 18.9 Å². The van der Waals surface area contributed by atoms with E-state index in [1.165, 1.54) is 11.3 Å². The molecule has 0 bridgehead atoms. The molecule has 23 heavy (non-hydrogen) atoms. The minimum Gasteiger partial charge on any atom is -0.296 e. The van der Waals surface area contributed by atoms with Crippen LogP contribution in [0.3, 0.4) is 0 Å². The highest BCUT2D eigenvalue weighted by atomic mass is 32.1. The fourth-order valence-corrected chi connectivity index (χ4v) is 3.33. The number of rotatable bonds is 3. The number of benzene rings is 2. The van der Waals surface area contributed by atoms with Gasteiger partial charge in [0.1, 0.15) is 16.0 Å². The second kappa shape index (κ2) is 5.82. The molecular formula is C15H9N5OS2. The Hall–Kier alpha value is -2.71. The third-order valence-corrected chi connectivity index (χ3v) is 4.63. The van der Waals surface area contributed by atoms with Gasteiger partial charge in [-0.15, -0.1) is 10.2 Å². The molecule has 4 aromatic rings. The largest absolute Gasteiger partial charge is 0.296 e. The molecule has 0 unspecified atom stereocenters. The van der Waals surface area contributed by atoms with Crippen LogP contribution in [0.4, 0.5) is 5.13 Å². The molecule has 1 amide bonds. The van der Waals surface area contributed by atoms with Gasteiger partial charge in [0.2, 0.25) is 5.13 Å². The SMILES string of the molecule is O=C(Nc1nnc(-c2ccccc2)s1)c1ccc2nsnc2c1. The molecule has 0 aliphatic heterocycles. The van der Waals surface area contributed by atoms with Gasteiger partial charge in [-0.05, 0) is 18.2 Å². The van der Waals surface area contributed by atoms with E-state index in [9.17, 15) is 4.79 Å². The van der Waals surface area contributed by atoms with E-state index in [4.69, 9.17) is 0 Å². The number of aromatic nitrogens is 4. The zero-order valence-electron chi connectivity index (χ0n) is 11.6. The van der Waals surface area contributed by atoms with Crippen LogP contribution in [0.5, 0.6) is 0 Å². The van der Waals surface area contributed by atoms with E-state index >= 15 is 0 Å². The molecule has 0 spiro atoms. The van der Waals surface area contributed by atoms with E-state index in [0.717, 1.165) is 27.8 Å². The average molecular weight is 339 g/mol. The molecule has 0 radical (unpaired) electrons. The summed E-state index contributed by atoms with van der Waals surface area (Å²) in [6, 6.07) is 14.9. The van der Waals surface area contributed by atoms with Crippen LogP contribution in [0.25, 0.3) is 21.6 Å². The zero-order chi connectivity index (χ0) is 15.6. The Kier molecular flexibility index (Phi) is 3.52. The molecular weight excluding hydrogens is 330 g/mol. The summed E-state index contributed by atoms with van der Waals surface area (Å²) in [7, 11) is 0. The van der Waals surface area contributed by atoms with E-state index < -0.39 is 0 Å². The van der Waals surface area contributed by atoms with Crippen molar-refractivity contribution in [2.24, 2.45) is 0 Å². The first-order chi connectivity index (χ1) is 11.3. The number of nitrogens with one attached hydrogen (secondary N) is 1. The maximum atomic E-state index is 12.3. The van der Waals surface area contributed by atoms with Crippen molar-refractivity contribution >= 4 is 45.1 Å². The van der Waals surface area contributed by atoms with Crippen molar-refractivity contribution in [3.05, 3.63) is 54.1 Å². The molecule has 0 saturated heterocycles. The molecule has 2 heterocycles. The summed E-state index contributed by atoms with van der Waals surface area (Å²) in [5.41, 5.74) is 2.99. The van der Waals surface area contributed by atoms with Crippen LogP contribution >= 0.6 is 23.1 Å². The number of carbonyl (C=O) groups is 1. The fraction of sp³-hybridized carbons (Fsp3) is 0. The van der Waals surface area contributed by atoms with Crippen LogP contribution in [0, 0.1) is 0 Å². The van der Waals surface area contributed by atoms with Gasteiger partial charge in [0.15, 0.2) is 0 Å². The first-order valence-electron chi connectivity index (χ1n) is 6.72. The quantitative estimate of drug-likeness (QED) is 0.618. The number of fused-ring (bicyclic) bond motifs is 1. The maximum absolute atomic E-state index is 12.3. The Morgan fingerprint density at radius 3 is 2.65 bits per heavy atom. The lowest BCUT2D eigenvalue weighted by atomic mass is 10.2. The van der Waals surface area contributed by atoms with Crippen molar-refractivity contribution < 1.29 is 4.79 Å².